The Morgan fingerprint density at radius 2 is 2.00 bits per heavy atom. The molecular weight excluding hydrogens is 255 g/mol. The molecule has 0 saturated carbocycles. The molecule has 94 valence electrons. The number of halogens is 4. The van der Waals surface area contributed by atoms with Crippen LogP contribution in [0.1, 0.15) is 18.9 Å². The van der Waals surface area contributed by atoms with E-state index in [1.54, 1.807) is 6.92 Å². The predicted molar refractivity (Wildman–Crippen MR) is 60.2 cm³/mol. The molecule has 0 bridgehead atoms. The summed E-state index contributed by atoms with van der Waals surface area (Å²) in [5, 5.41) is 0.113. The molecule has 0 N–H and O–H groups in total. The van der Waals surface area contributed by atoms with Gasteiger partial charge in [0.25, 0.3) is 0 Å². The first kappa shape index (κ1) is 13.8. The summed E-state index contributed by atoms with van der Waals surface area (Å²) >= 11 is 5.78. The van der Waals surface area contributed by atoms with Gasteiger partial charge in [0.1, 0.15) is 0 Å². The highest BCUT2D eigenvalue weighted by atomic mass is 35.5. The molecule has 0 saturated heterocycles. The Kier molecular flexibility index (Phi) is 4.03. The van der Waals surface area contributed by atoms with Crippen molar-refractivity contribution < 1.29 is 18.0 Å². The van der Waals surface area contributed by atoms with Gasteiger partial charge in [-0.15, -0.1) is 0 Å². The van der Waals surface area contributed by atoms with E-state index in [1.165, 1.54) is 7.05 Å². The molecule has 1 rings (SSSR count). The van der Waals surface area contributed by atoms with Crippen LogP contribution in [-0.2, 0) is 11.0 Å². The maximum atomic E-state index is 12.5. The number of carbonyl (C=O) groups excluding carboxylic acids is 1. The molecule has 0 fully saturated rings. The van der Waals surface area contributed by atoms with Gasteiger partial charge < -0.3 is 4.90 Å². The van der Waals surface area contributed by atoms with Gasteiger partial charge in [0.15, 0.2) is 0 Å². The first-order chi connectivity index (χ1) is 7.77. The molecule has 0 unspecified atom stereocenters. The lowest BCUT2D eigenvalue weighted by Gasteiger charge is -2.19. The average molecular weight is 266 g/mol. The minimum atomic E-state index is -4.45. The molecule has 0 spiro atoms. The number of hydrogen-bond acceptors (Lipinski definition) is 1. The Morgan fingerprint density at radius 3 is 2.47 bits per heavy atom. The van der Waals surface area contributed by atoms with Crippen molar-refractivity contribution in [3.8, 4) is 0 Å². The van der Waals surface area contributed by atoms with Gasteiger partial charge in [0, 0.05) is 13.5 Å². The topological polar surface area (TPSA) is 20.3 Å². The zero-order valence-corrected chi connectivity index (χ0v) is 10.1. The van der Waals surface area contributed by atoms with E-state index in [4.69, 9.17) is 11.6 Å². The van der Waals surface area contributed by atoms with Crippen molar-refractivity contribution in [1.29, 1.82) is 0 Å². The first-order valence-electron chi connectivity index (χ1n) is 4.90. The Labute approximate surface area is 102 Å². The molecule has 1 aromatic carbocycles. The number of hydrogen-bond donors (Lipinski definition) is 0. The van der Waals surface area contributed by atoms with Gasteiger partial charge >= 0.3 is 6.18 Å². The molecule has 0 aliphatic carbocycles. The van der Waals surface area contributed by atoms with Crippen LogP contribution in [0.15, 0.2) is 18.2 Å². The van der Waals surface area contributed by atoms with Gasteiger partial charge in [0.2, 0.25) is 5.91 Å². The third-order valence-corrected chi connectivity index (χ3v) is 2.63. The molecule has 1 amide bonds. The maximum Gasteiger partial charge on any atom is 0.416 e. The average Bonchev–Trinajstić information content (AvgIpc) is 2.26. The van der Waals surface area contributed by atoms with E-state index in [2.05, 4.69) is 0 Å². The zero-order chi connectivity index (χ0) is 13.2. The number of nitrogens with zero attached hydrogens (tertiary/aromatic N) is 1. The lowest BCUT2D eigenvalue weighted by atomic mass is 10.2. The minimum absolute atomic E-state index is 0.0633. The fraction of sp³-hybridized carbons (Fsp3) is 0.364. The Balaban J connectivity index is 3.20. The summed E-state index contributed by atoms with van der Waals surface area (Å²) in [4.78, 5) is 12.5. The molecule has 1 aromatic rings. The molecule has 0 aliphatic heterocycles. The van der Waals surface area contributed by atoms with Crippen LogP contribution >= 0.6 is 11.6 Å². The standard InChI is InChI=1S/C11H11ClF3NO/c1-3-10(17)16(2)9-6-7(11(13,14)15)4-5-8(9)12/h4-6H,3H2,1-2H3. The van der Waals surface area contributed by atoms with Gasteiger partial charge in [0.05, 0.1) is 16.3 Å². The highest BCUT2D eigenvalue weighted by Gasteiger charge is 2.31. The molecule has 0 atom stereocenters. The third kappa shape index (κ3) is 3.12. The number of carbonyl (C=O) groups is 1. The van der Waals surface area contributed by atoms with Crippen molar-refractivity contribution in [2.75, 3.05) is 11.9 Å². The van der Waals surface area contributed by atoms with Crippen molar-refractivity contribution in [1.82, 2.24) is 0 Å². The quantitative estimate of drug-likeness (QED) is 0.798. The summed E-state index contributed by atoms with van der Waals surface area (Å²) in [6, 6.07) is 2.89. The summed E-state index contributed by atoms with van der Waals surface area (Å²) in [5.41, 5.74) is -0.763. The Bertz CT molecular complexity index is 431. The van der Waals surface area contributed by atoms with E-state index in [0.717, 1.165) is 23.1 Å². The van der Waals surface area contributed by atoms with Crippen LogP contribution in [0.3, 0.4) is 0 Å². The molecule has 2 nitrogen and oxygen atoms in total. The lowest BCUT2D eigenvalue weighted by Crippen LogP contribution is -2.25. The number of benzene rings is 1. The minimum Gasteiger partial charge on any atom is -0.314 e. The second-order valence-electron chi connectivity index (χ2n) is 3.47. The van der Waals surface area contributed by atoms with Crippen LogP contribution in [0, 0.1) is 0 Å². The second kappa shape index (κ2) is 4.96. The highest BCUT2D eigenvalue weighted by molar-refractivity contribution is 6.33. The van der Waals surface area contributed by atoms with Crippen LogP contribution < -0.4 is 4.90 Å². The summed E-state index contributed by atoms with van der Waals surface area (Å²) < 4.78 is 37.5. The van der Waals surface area contributed by atoms with E-state index < -0.39 is 11.7 Å². The number of alkyl halides is 3. The number of rotatable bonds is 2. The van der Waals surface area contributed by atoms with Crippen LogP contribution in [0.4, 0.5) is 18.9 Å². The van der Waals surface area contributed by atoms with E-state index in [0.29, 0.717) is 0 Å². The zero-order valence-electron chi connectivity index (χ0n) is 9.31. The number of amides is 1. The fourth-order valence-electron chi connectivity index (χ4n) is 1.32. The van der Waals surface area contributed by atoms with E-state index >= 15 is 0 Å². The lowest BCUT2D eigenvalue weighted by molar-refractivity contribution is -0.137. The van der Waals surface area contributed by atoms with Gasteiger partial charge in [-0.2, -0.15) is 13.2 Å². The van der Waals surface area contributed by atoms with E-state index in [9.17, 15) is 18.0 Å². The van der Waals surface area contributed by atoms with Crippen molar-refractivity contribution in [2.24, 2.45) is 0 Å². The van der Waals surface area contributed by atoms with Crippen molar-refractivity contribution in [2.45, 2.75) is 19.5 Å². The van der Waals surface area contributed by atoms with Gasteiger partial charge in [-0.25, -0.2) is 0 Å². The summed E-state index contributed by atoms with van der Waals surface area (Å²) in [6.07, 6.45) is -4.25. The summed E-state index contributed by atoms with van der Waals surface area (Å²) in [6.45, 7) is 1.63. The molecular formula is C11H11ClF3NO. The Morgan fingerprint density at radius 1 is 1.41 bits per heavy atom. The molecule has 0 aliphatic rings. The van der Waals surface area contributed by atoms with Crippen LogP contribution in [0.25, 0.3) is 0 Å². The molecule has 0 heterocycles. The number of anilines is 1. The summed E-state index contributed by atoms with van der Waals surface area (Å²) in [7, 11) is 1.40. The smallest absolute Gasteiger partial charge is 0.314 e. The largest absolute Gasteiger partial charge is 0.416 e. The van der Waals surface area contributed by atoms with Crippen molar-refractivity contribution >= 4 is 23.2 Å². The van der Waals surface area contributed by atoms with Gasteiger partial charge in [-0.1, -0.05) is 18.5 Å². The van der Waals surface area contributed by atoms with Gasteiger partial charge in [-0.3, -0.25) is 4.79 Å². The molecule has 17 heavy (non-hydrogen) atoms. The van der Waals surface area contributed by atoms with Crippen LogP contribution in [0.2, 0.25) is 5.02 Å². The fourth-order valence-corrected chi connectivity index (χ4v) is 1.56. The highest BCUT2D eigenvalue weighted by Crippen LogP contribution is 2.35. The molecule has 0 radical (unpaired) electrons. The third-order valence-electron chi connectivity index (χ3n) is 2.31. The van der Waals surface area contributed by atoms with Crippen LogP contribution in [0.5, 0.6) is 0 Å². The monoisotopic (exact) mass is 265 g/mol. The van der Waals surface area contributed by atoms with Crippen molar-refractivity contribution in [3.05, 3.63) is 28.8 Å². The Hall–Kier alpha value is -1.23. The van der Waals surface area contributed by atoms with E-state index in [-0.39, 0.29) is 23.0 Å². The first-order valence-corrected chi connectivity index (χ1v) is 5.28. The maximum absolute atomic E-state index is 12.5. The SMILES string of the molecule is CCC(=O)N(C)c1cc(C(F)(F)F)ccc1Cl. The summed E-state index contributed by atoms with van der Waals surface area (Å²) in [5.74, 6) is -0.300. The predicted octanol–water partition coefficient (Wildman–Crippen LogP) is 3.73. The van der Waals surface area contributed by atoms with Gasteiger partial charge in [-0.05, 0) is 18.2 Å². The second-order valence-corrected chi connectivity index (χ2v) is 3.88. The van der Waals surface area contributed by atoms with Crippen molar-refractivity contribution in [3.63, 3.8) is 0 Å². The van der Waals surface area contributed by atoms with E-state index in [1.807, 2.05) is 0 Å². The molecule has 6 heteroatoms. The molecule has 0 aromatic heterocycles. The van der Waals surface area contributed by atoms with Crippen LogP contribution in [-0.4, -0.2) is 13.0 Å². The normalized spacial score (nSPS) is 11.4.